The lowest BCUT2D eigenvalue weighted by Crippen LogP contribution is -2.32. The van der Waals surface area contributed by atoms with Crippen LogP contribution < -0.4 is 5.32 Å². The van der Waals surface area contributed by atoms with Gasteiger partial charge in [0.25, 0.3) is 0 Å². The van der Waals surface area contributed by atoms with Crippen molar-refractivity contribution < 1.29 is 9.13 Å². The highest BCUT2D eigenvalue weighted by Crippen LogP contribution is 2.21. The number of rotatable bonds is 6. The van der Waals surface area contributed by atoms with Crippen molar-refractivity contribution in [2.45, 2.75) is 39.3 Å². The molecule has 1 aromatic rings. The van der Waals surface area contributed by atoms with Crippen LogP contribution in [0.5, 0.6) is 0 Å². The van der Waals surface area contributed by atoms with Crippen molar-refractivity contribution in [3.8, 4) is 0 Å². The van der Waals surface area contributed by atoms with Crippen molar-refractivity contribution in [2.75, 3.05) is 13.7 Å². The summed E-state index contributed by atoms with van der Waals surface area (Å²) in [4.78, 5) is 0. The lowest BCUT2D eigenvalue weighted by Gasteiger charge is -2.24. The summed E-state index contributed by atoms with van der Waals surface area (Å²) >= 11 is 0. The molecular formula is C14H22FNO. The number of halogens is 1. The highest BCUT2D eigenvalue weighted by Gasteiger charge is 2.18. The molecule has 2 atom stereocenters. The van der Waals surface area contributed by atoms with Gasteiger partial charge in [-0.05, 0) is 44.0 Å². The predicted octanol–water partition coefficient (Wildman–Crippen LogP) is 3.21. The number of hydrogen-bond donors (Lipinski definition) is 1. The highest BCUT2D eigenvalue weighted by atomic mass is 19.1. The lowest BCUT2D eigenvalue weighted by molar-refractivity contribution is 0.0829. The van der Waals surface area contributed by atoms with E-state index in [-0.39, 0.29) is 18.0 Å². The molecule has 2 unspecified atom stereocenters. The molecule has 0 fully saturated rings. The first kappa shape index (κ1) is 14.1. The van der Waals surface area contributed by atoms with Gasteiger partial charge in [0.05, 0.1) is 12.1 Å². The van der Waals surface area contributed by atoms with Gasteiger partial charge in [0.2, 0.25) is 0 Å². The molecule has 2 nitrogen and oxygen atoms in total. The summed E-state index contributed by atoms with van der Waals surface area (Å²) in [6, 6.07) is 5.41. The van der Waals surface area contributed by atoms with Crippen LogP contribution in [0.15, 0.2) is 18.2 Å². The zero-order valence-electron chi connectivity index (χ0n) is 11.1. The molecule has 1 aromatic carbocycles. The minimum Gasteiger partial charge on any atom is -0.380 e. The number of methoxy groups -OCH3 is 1. The summed E-state index contributed by atoms with van der Waals surface area (Å²) in [5, 5.41) is 3.39. The first-order valence-electron chi connectivity index (χ1n) is 6.12. The molecule has 0 spiro atoms. The Morgan fingerprint density at radius 1 is 1.41 bits per heavy atom. The van der Waals surface area contributed by atoms with E-state index < -0.39 is 0 Å². The molecule has 0 heterocycles. The molecule has 1 N–H and O–H groups in total. The van der Waals surface area contributed by atoms with Gasteiger partial charge in [-0.25, -0.2) is 4.39 Å². The van der Waals surface area contributed by atoms with E-state index in [0.717, 1.165) is 18.5 Å². The Morgan fingerprint density at radius 3 is 2.65 bits per heavy atom. The molecule has 96 valence electrons. The van der Waals surface area contributed by atoms with Crippen molar-refractivity contribution in [1.29, 1.82) is 0 Å². The molecule has 0 bridgehead atoms. The predicted molar refractivity (Wildman–Crippen MR) is 68.6 cm³/mol. The lowest BCUT2D eigenvalue weighted by atomic mass is 10.0. The molecule has 0 aliphatic rings. The average molecular weight is 239 g/mol. The molecule has 0 aliphatic carbocycles. The monoisotopic (exact) mass is 239 g/mol. The number of benzene rings is 1. The second-order valence-electron chi connectivity index (χ2n) is 4.38. The van der Waals surface area contributed by atoms with Crippen molar-refractivity contribution >= 4 is 0 Å². The third kappa shape index (κ3) is 3.79. The molecule has 17 heavy (non-hydrogen) atoms. The molecule has 0 saturated heterocycles. The molecule has 0 radical (unpaired) electrons. The van der Waals surface area contributed by atoms with Crippen LogP contribution in [0.1, 0.15) is 37.4 Å². The Morgan fingerprint density at radius 2 is 2.12 bits per heavy atom. The fraction of sp³-hybridized carbons (Fsp3) is 0.571. The van der Waals surface area contributed by atoms with Gasteiger partial charge in [-0.15, -0.1) is 0 Å². The second kappa shape index (κ2) is 6.72. The smallest absolute Gasteiger partial charge is 0.126 e. The minimum atomic E-state index is -0.158. The van der Waals surface area contributed by atoms with Gasteiger partial charge in [-0.3, -0.25) is 0 Å². The Bertz CT molecular complexity index is 354. The molecule has 1 rings (SSSR count). The highest BCUT2D eigenvalue weighted by molar-refractivity contribution is 5.26. The maximum absolute atomic E-state index is 13.6. The minimum absolute atomic E-state index is 0.0173. The summed E-state index contributed by atoms with van der Waals surface area (Å²) in [6.45, 7) is 6.77. The van der Waals surface area contributed by atoms with Crippen LogP contribution in [0.3, 0.4) is 0 Å². The first-order valence-corrected chi connectivity index (χ1v) is 6.12. The number of ether oxygens (including phenoxy) is 1. The van der Waals surface area contributed by atoms with Crippen LogP contribution in [-0.2, 0) is 4.74 Å². The zero-order valence-corrected chi connectivity index (χ0v) is 11.1. The SMILES string of the molecule is CCCNC(c1ccc(C)c(F)c1)C(C)OC. The van der Waals surface area contributed by atoms with E-state index in [1.165, 1.54) is 0 Å². The van der Waals surface area contributed by atoms with E-state index >= 15 is 0 Å². The standard InChI is InChI=1S/C14H22FNO/c1-5-8-16-14(11(3)17-4)12-7-6-10(2)13(15)9-12/h6-7,9,11,14,16H,5,8H2,1-4H3. The van der Waals surface area contributed by atoms with Gasteiger partial charge in [-0.2, -0.15) is 0 Å². The van der Waals surface area contributed by atoms with Crippen LogP contribution >= 0.6 is 0 Å². The van der Waals surface area contributed by atoms with E-state index in [1.807, 2.05) is 19.1 Å². The van der Waals surface area contributed by atoms with Crippen molar-refractivity contribution in [2.24, 2.45) is 0 Å². The van der Waals surface area contributed by atoms with Crippen LogP contribution in [-0.4, -0.2) is 19.8 Å². The molecule has 0 aliphatic heterocycles. The molecular weight excluding hydrogens is 217 g/mol. The maximum atomic E-state index is 13.6. The molecule has 0 amide bonds. The maximum Gasteiger partial charge on any atom is 0.126 e. The molecule has 0 saturated carbocycles. The summed E-state index contributed by atoms with van der Waals surface area (Å²) in [5.41, 5.74) is 1.61. The van der Waals surface area contributed by atoms with E-state index in [0.29, 0.717) is 5.56 Å². The van der Waals surface area contributed by atoms with E-state index in [9.17, 15) is 4.39 Å². The number of aryl methyl sites for hydroxylation is 1. The molecule has 0 aromatic heterocycles. The van der Waals surface area contributed by atoms with Gasteiger partial charge in [-0.1, -0.05) is 19.1 Å². The quantitative estimate of drug-likeness (QED) is 0.823. The average Bonchev–Trinajstić information content (AvgIpc) is 2.33. The number of nitrogens with one attached hydrogen (secondary N) is 1. The van der Waals surface area contributed by atoms with Crippen LogP contribution in [0.25, 0.3) is 0 Å². The van der Waals surface area contributed by atoms with Crippen molar-refractivity contribution in [3.05, 3.63) is 35.1 Å². The third-order valence-electron chi connectivity index (χ3n) is 3.01. The summed E-state index contributed by atoms with van der Waals surface area (Å²) < 4.78 is 18.9. The van der Waals surface area contributed by atoms with Gasteiger partial charge in [0, 0.05) is 7.11 Å². The Kier molecular flexibility index (Phi) is 5.59. The van der Waals surface area contributed by atoms with Crippen molar-refractivity contribution in [3.63, 3.8) is 0 Å². The third-order valence-corrected chi connectivity index (χ3v) is 3.01. The molecule has 3 heteroatoms. The van der Waals surface area contributed by atoms with Gasteiger partial charge >= 0.3 is 0 Å². The first-order chi connectivity index (χ1) is 8.10. The van der Waals surface area contributed by atoms with Gasteiger partial charge < -0.3 is 10.1 Å². The van der Waals surface area contributed by atoms with E-state index in [4.69, 9.17) is 4.74 Å². The van der Waals surface area contributed by atoms with Crippen LogP contribution in [0.4, 0.5) is 4.39 Å². The Labute approximate surface area is 103 Å². The zero-order chi connectivity index (χ0) is 12.8. The topological polar surface area (TPSA) is 21.3 Å². The summed E-state index contributed by atoms with van der Waals surface area (Å²) in [6.07, 6.45) is 1.06. The second-order valence-corrected chi connectivity index (χ2v) is 4.38. The Balaban J connectivity index is 2.91. The summed E-state index contributed by atoms with van der Waals surface area (Å²) in [7, 11) is 1.68. The number of hydrogen-bond acceptors (Lipinski definition) is 2. The summed E-state index contributed by atoms with van der Waals surface area (Å²) in [5.74, 6) is -0.158. The van der Waals surface area contributed by atoms with Crippen LogP contribution in [0, 0.1) is 12.7 Å². The van der Waals surface area contributed by atoms with Crippen LogP contribution in [0.2, 0.25) is 0 Å². The Hall–Kier alpha value is -0.930. The normalized spacial score (nSPS) is 14.6. The van der Waals surface area contributed by atoms with Crippen molar-refractivity contribution in [1.82, 2.24) is 5.32 Å². The van der Waals surface area contributed by atoms with E-state index in [1.54, 1.807) is 20.1 Å². The van der Waals surface area contributed by atoms with E-state index in [2.05, 4.69) is 12.2 Å². The fourth-order valence-electron chi connectivity index (χ4n) is 1.79. The van der Waals surface area contributed by atoms with Gasteiger partial charge in [0.1, 0.15) is 5.82 Å². The fourth-order valence-corrected chi connectivity index (χ4v) is 1.79. The largest absolute Gasteiger partial charge is 0.380 e. The van der Waals surface area contributed by atoms with Gasteiger partial charge in [0.15, 0.2) is 0 Å².